The first-order valence-electron chi connectivity index (χ1n) is 10.3. The van der Waals surface area contributed by atoms with Gasteiger partial charge in [-0.05, 0) is 30.9 Å². The molecule has 1 aromatic heterocycles. The summed E-state index contributed by atoms with van der Waals surface area (Å²) in [6, 6.07) is 13.3. The molecule has 0 aliphatic carbocycles. The molecule has 0 N–H and O–H groups in total. The number of carbonyl (C=O) groups is 2. The summed E-state index contributed by atoms with van der Waals surface area (Å²) in [6.45, 7) is 3.95. The van der Waals surface area contributed by atoms with E-state index in [1.165, 1.54) is 0 Å². The lowest BCUT2D eigenvalue weighted by atomic mass is 9.91. The molecule has 6 heteroatoms. The number of rotatable bonds is 8. The second-order valence-electron chi connectivity index (χ2n) is 7.28. The lowest BCUT2D eigenvalue weighted by Crippen LogP contribution is -2.42. The third-order valence-corrected chi connectivity index (χ3v) is 5.02. The average molecular weight is 396 g/mol. The second kappa shape index (κ2) is 10.6. The Bertz CT molecular complexity index is 792. The molecule has 1 aromatic carbocycles. The molecule has 1 atom stereocenters. The van der Waals surface area contributed by atoms with Gasteiger partial charge in [-0.3, -0.25) is 4.79 Å². The number of unbranched alkanes of at least 4 members (excludes halogenated alkanes) is 1. The Labute approximate surface area is 171 Å². The fourth-order valence-corrected chi connectivity index (χ4v) is 3.33. The van der Waals surface area contributed by atoms with Crippen molar-refractivity contribution in [3.63, 3.8) is 0 Å². The average Bonchev–Trinajstić information content (AvgIpc) is 2.78. The SMILES string of the molecule is CCCCOC(=O)N1CCCC(C(=O)c2ccc(OCc3ccccc3)nc2)C1. The molecule has 0 spiro atoms. The zero-order valence-corrected chi connectivity index (χ0v) is 16.9. The van der Waals surface area contributed by atoms with Gasteiger partial charge in [-0.25, -0.2) is 9.78 Å². The molecule has 0 radical (unpaired) electrons. The quantitative estimate of drug-likeness (QED) is 0.486. The van der Waals surface area contributed by atoms with E-state index in [0.29, 0.717) is 37.7 Å². The maximum Gasteiger partial charge on any atom is 0.409 e. The van der Waals surface area contributed by atoms with E-state index in [0.717, 1.165) is 31.2 Å². The molecular formula is C23H28N2O4. The highest BCUT2D eigenvalue weighted by molar-refractivity contribution is 5.98. The highest BCUT2D eigenvalue weighted by Gasteiger charge is 2.29. The Kier molecular flexibility index (Phi) is 7.61. The summed E-state index contributed by atoms with van der Waals surface area (Å²) in [5.74, 6) is 0.272. The number of nitrogens with zero attached hydrogens (tertiary/aromatic N) is 2. The summed E-state index contributed by atoms with van der Waals surface area (Å²) in [5.41, 5.74) is 1.60. The van der Waals surface area contributed by atoms with Gasteiger partial charge in [0.15, 0.2) is 5.78 Å². The van der Waals surface area contributed by atoms with Crippen molar-refractivity contribution in [2.45, 2.75) is 39.2 Å². The number of piperidine rings is 1. The first-order valence-corrected chi connectivity index (χ1v) is 10.3. The molecule has 1 amide bonds. The molecule has 154 valence electrons. The van der Waals surface area contributed by atoms with E-state index in [2.05, 4.69) is 11.9 Å². The van der Waals surface area contributed by atoms with Gasteiger partial charge in [0.05, 0.1) is 6.61 Å². The topological polar surface area (TPSA) is 68.7 Å². The molecule has 2 aromatic rings. The first-order chi connectivity index (χ1) is 14.2. The lowest BCUT2D eigenvalue weighted by Gasteiger charge is -2.31. The number of ether oxygens (including phenoxy) is 2. The number of amides is 1. The highest BCUT2D eigenvalue weighted by atomic mass is 16.6. The van der Waals surface area contributed by atoms with Crippen molar-refractivity contribution in [3.05, 3.63) is 59.8 Å². The van der Waals surface area contributed by atoms with Gasteiger partial charge >= 0.3 is 6.09 Å². The highest BCUT2D eigenvalue weighted by Crippen LogP contribution is 2.22. The number of aromatic nitrogens is 1. The minimum atomic E-state index is -0.321. The number of hydrogen-bond donors (Lipinski definition) is 0. The molecule has 2 heterocycles. The number of hydrogen-bond acceptors (Lipinski definition) is 5. The van der Waals surface area contributed by atoms with E-state index >= 15 is 0 Å². The molecule has 1 fully saturated rings. The maximum absolute atomic E-state index is 12.9. The lowest BCUT2D eigenvalue weighted by molar-refractivity contribution is 0.0709. The Morgan fingerprint density at radius 3 is 2.72 bits per heavy atom. The zero-order valence-electron chi connectivity index (χ0n) is 16.9. The largest absolute Gasteiger partial charge is 0.473 e. The van der Waals surface area contributed by atoms with Crippen LogP contribution in [0.5, 0.6) is 5.88 Å². The van der Waals surface area contributed by atoms with Crippen molar-refractivity contribution in [3.8, 4) is 5.88 Å². The summed E-state index contributed by atoms with van der Waals surface area (Å²) in [4.78, 5) is 30.9. The number of Topliss-reactive ketones (excluding diaryl/α,β-unsaturated/α-hetero) is 1. The predicted octanol–water partition coefficient (Wildman–Crippen LogP) is 4.49. The third-order valence-electron chi connectivity index (χ3n) is 5.02. The van der Waals surface area contributed by atoms with E-state index in [4.69, 9.17) is 9.47 Å². The zero-order chi connectivity index (χ0) is 20.5. The number of ketones is 1. The molecule has 1 saturated heterocycles. The Hall–Kier alpha value is -2.89. The summed E-state index contributed by atoms with van der Waals surface area (Å²) < 4.78 is 11.0. The monoisotopic (exact) mass is 396 g/mol. The van der Waals surface area contributed by atoms with E-state index in [1.807, 2.05) is 30.3 Å². The molecular weight excluding hydrogens is 368 g/mol. The van der Waals surface area contributed by atoms with Crippen LogP contribution in [0.25, 0.3) is 0 Å². The van der Waals surface area contributed by atoms with Crippen LogP contribution in [0.4, 0.5) is 4.79 Å². The number of pyridine rings is 1. The summed E-state index contributed by atoms with van der Waals surface area (Å²) in [6.07, 6.45) is 4.63. The molecule has 6 nitrogen and oxygen atoms in total. The van der Waals surface area contributed by atoms with Gasteiger partial charge < -0.3 is 14.4 Å². The van der Waals surface area contributed by atoms with Crippen molar-refractivity contribution < 1.29 is 19.1 Å². The number of benzene rings is 1. The van der Waals surface area contributed by atoms with Gasteiger partial charge in [0.1, 0.15) is 6.61 Å². The fraction of sp³-hybridized carbons (Fsp3) is 0.435. The van der Waals surface area contributed by atoms with Crippen LogP contribution >= 0.6 is 0 Å². The van der Waals surface area contributed by atoms with E-state index in [-0.39, 0.29) is 17.8 Å². The van der Waals surface area contributed by atoms with Gasteiger partial charge in [-0.1, -0.05) is 43.7 Å². The van der Waals surface area contributed by atoms with Crippen LogP contribution in [0.1, 0.15) is 48.5 Å². The summed E-state index contributed by atoms with van der Waals surface area (Å²) in [5, 5.41) is 0. The van der Waals surface area contributed by atoms with Crippen molar-refractivity contribution in [2.24, 2.45) is 5.92 Å². The molecule has 1 aliphatic rings. The van der Waals surface area contributed by atoms with E-state index < -0.39 is 0 Å². The summed E-state index contributed by atoms with van der Waals surface area (Å²) in [7, 11) is 0. The van der Waals surface area contributed by atoms with Crippen molar-refractivity contribution in [1.29, 1.82) is 0 Å². The van der Waals surface area contributed by atoms with Gasteiger partial charge in [0, 0.05) is 36.8 Å². The van der Waals surface area contributed by atoms with Crippen LogP contribution in [0.2, 0.25) is 0 Å². The van der Waals surface area contributed by atoms with Crippen LogP contribution in [0, 0.1) is 5.92 Å². The smallest absolute Gasteiger partial charge is 0.409 e. The molecule has 0 bridgehead atoms. The van der Waals surface area contributed by atoms with Crippen molar-refractivity contribution >= 4 is 11.9 Å². The Morgan fingerprint density at radius 1 is 1.17 bits per heavy atom. The van der Waals surface area contributed by atoms with Crippen LogP contribution in [-0.2, 0) is 11.3 Å². The standard InChI is InChI=1S/C23H28N2O4/c1-2-3-14-28-23(27)25-13-7-10-20(16-25)22(26)19-11-12-21(24-15-19)29-17-18-8-5-4-6-9-18/h4-6,8-9,11-12,15,20H,2-3,7,10,13-14,16-17H2,1H3. The first kappa shape index (κ1) is 20.8. The second-order valence-corrected chi connectivity index (χ2v) is 7.28. The van der Waals surface area contributed by atoms with E-state index in [1.54, 1.807) is 23.2 Å². The van der Waals surface area contributed by atoms with Gasteiger partial charge in [-0.2, -0.15) is 0 Å². The van der Waals surface area contributed by atoms with Gasteiger partial charge in [-0.15, -0.1) is 0 Å². The van der Waals surface area contributed by atoms with Crippen LogP contribution in [0.15, 0.2) is 48.7 Å². The van der Waals surface area contributed by atoms with Gasteiger partial charge in [0.2, 0.25) is 5.88 Å². The van der Waals surface area contributed by atoms with Crippen LogP contribution in [-0.4, -0.2) is 41.5 Å². The Morgan fingerprint density at radius 2 is 2.00 bits per heavy atom. The molecule has 1 aliphatic heterocycles. The van der Waals surface area contributed by atoms with Crippen molar-refractivity contribution in [1.82, 2.24) is 9.88 Å². The van der Waals surface area contributed by atoms with Crippen molar-refractivity contribution in [2.75, 3.05) is 19.7 Å². The van der Waals surface area contributed by atoms with Crippen LogP contribution in [0.3, 0.4) is 0 Å². The third kappa shape index (κ3) is 6.04. The predicted molar refractivity (Wildman–Crippen MR) is 110 cm³/mol. The van der Waals surface area contributed by atoms with Gasteiger partial charge in [0.25, 0.3) is 0 Å². The summed E-state index contributed by atoms with van der Waals surface area (Å²) >= 11 is 0. The minimum absolute atomic E-state index is 0.0122. The van der Waals surface area contributed by atoms with Crippen LogP contribution < -0.4 is 4.74 Å². The molecule has 3 rings (SSSR count). The molecule has 0 saturated carbocycles. The molecule has 1 unspecified atom stereocenters. The number of carbonyl (C=O) groups excluding carboxylic acids is 2. The molecule has 29 heavy (non-hydrogen) atoms. The van der Waals surface area contributed by atoms with E-state index in [9.17, 15) is 9.59 Å². The fourth-order valence-electron chi connectivity index (χ4n) is 3.33. The maximum atomic E-state index is 12.9. The normalized spacial score (nSPS) is 16.3. The number of likely N-dealkylation sites (tertiary alicyclic amines) is 1. The minimum Gasteiger partial charge on any atom is -0.473 e. The Balaban J connectivity index is 1.53.